The molecule has 0 aliphatic carbocycles. The first-order chi connectivity index (χ1) is 14.0. The van der Waals surface area contributed by atoms with E-state index in [1.165, 1.54) is 0 Å². The van der Waals surface area contributed by atoms with Crippen LogP contribution in [0.1, 0.15) is 13.8 Å². The third-order valence-electron chi connectivity index (χ3n) is 3.82. The zero-order valence-electron chi connectivity index (χ0n) is 15.5. The lowest BCUT2D eigenvalue weighted by atomic mass is 9.88. The van der Waals surface area contributed by atoms with E-state index in [0.29, 0.717) is 6.92 Å². The van der Waals surface area contributed by atoms with Gasteiger partial charge in [-0.3, -0.25) is 0 Å². The average Bonchev–Trinajstić information content (AvgIpc) is 2.59. The third kappa shape index (κ3) is 4.08. The molecule has 0 spiro atoms. The molecule has 2 nitrogen and oxygen atoms in total. The van der Waals surface area contributed by atoms with Gasteiger partial charge in [-0.1, -0.05) is 6.58 Å². The van der Waals surface area contributed by atoms with Crippen molar-refractivity contribution in [2.45, 2.75) is 67.6 Å². The Kier molecular flexibility index (Phi) is 7.57. The molecule has 0 amide bonds. The highest BCUT2D eigenvalue weighted by Crippen LogP contribution is 2.64. The lowest BCUT2D eigenvalue weighted by Gasteiger charge is -2.43. The second-order valence-electron chi connectivity index (χ2n) is 6.37. The average molecular weight is 532 g/mol. The van der Waals surface area contributed by atoms with E-state index < -0.39 is 72.2 Å². The molecule has 1 unspecified atom stereocenters. The number of esters is 1. The van der Waals surface area contributed by atoms with Crippen LogP contribution < -0.4 is 0 Å². The van der Waals surface area contributed by atoms with Crippen LogP contribution in [0.25, 0.3) is 0 Å². The van der Waals surface area contributed by atoms with E-state index in [4.69, 9.17) is 0 Å². The Morgan fingerprint density at radius 1 is 0.636 bits per heavy atom. The molecule has 0 fully saturated rings. The Balaban J connectivity index is 6.80. The molecule has 33 heavy (non-hydrogen) atoms. The van der Waals surface area contributed by atoms with Crippen LogP contribution in [-0.4, -0.2) is 59.7 Å². The summed E-state index contributed by atoms with van der Waals surface area (Å²) >= 11 is 0. The molecule has 0 bridgehead atoms. The van der Waals surface area contributed by atoms with Gasteiger partial charge in [0, 0.05) is 5.57 Å². The van der Waals surface area contributed by atoms with Gasteiger partial charge in [0.15, 0.2) is 6.17 Å². The van der Waals surface area contributed by atoms with Crippen LogP contribution in [0.3, 0.4) is 0 Å². The monoisotopic (exact) mass is 532 g/mol. The second-order valence-corrected chi connectivity index (χ2v) is 6.37. The van der Waals surface area contributed by atoms with Gasteiger partial charge < -0.3 is 4.74 Å². The van der Waals surface area contributed by atoms with Crippen LogP contribution in [-0.2, 0) is 9.53 Å². The van der Waals surface area contributed by atoms with E-state index in [0.717, 1.165) is 0 Å². The molecule has 19 heteroatoms. The Labute approximate surface area is 171 Å². The van der Waals surface area contributed by atoms with E-state index in [1.54, 1.807) is 0 Å². The summed E-state index contributed by atoms with van der Waals surface area (Å²) < 4.78 is 228. The molecule has 0 radical (unpaired) electrons. The number of hydrogen-bond acceptors (Lipinski definition) is 2. The zero-order chi connectivity index (χ0) is 27.4. The maximum Gasteiger partial charge on any atom is 0.473 e. The molecule has 0 saturated carbocycles. The van der Waals surface area contributed by atoms with Crippen molar-refractivity contribution in [2.24, 2.45) is 0 Å². The number of hydrogen-bond donors (Lipinski definition) is 0. The Hall–Kier alpha value is -1.98. The van der Waals surface area contributed by atoms with Gasteiger partial charge in [0.25, 0.3) is 0 Å². The molecular formula is C14H9F17O2. The first-order valence-electron chi connectivity index (χ1n) is 7.57. The van der Waals surface area contributed by atoms with Gasteiger partial charge in [-0.25, -0.2) is 9.18 Å². The molecule has 0 aromatic heterocycles. The molecule has 0 aliphatic heterocycles. The van der Waals surface area contributed by atoms with Crippen molar-refractivity contribution in [1.29, 1.82) is 0 Å². The fourth-order valence-corrected chi connectivity index (χ4v) is 1.70. The first kappa shape index (κ1) is 31.0. The molecule has 0 heterocycles. The summed E-state index contributed by atoms with van der Waals surface area (Å²) in [6.07, 6.45) is -11.7. The summed E-state index contributed by atoms with van der Waals surface area (Å²) in [6, 6.07) is 0. The SMILES string of the molecule is C=C(C)C(=O)OC(F)(F)C(F)(F)C(F)(F)C(F)(F)C(F)(F)C(F)(F)C(F)(F)C(F)(F)C(C)F. The summed E-state index contributed by atoms with van der Waals surface area (Å²) in [5, 5.41) is 0. The Bertz CT molecular complexity index is 768. The van der Waals surface area contributed by atoms with Crippen molar-refractivity contribution in [1.82, 2.24) is 0 Å². The number of halogens is 17. The maximum absolute atomic E-state index is 13.5. The van der Waals surface area contributed by atoms with E-state index >= 15 is 0 Å². The predicted molar refractivity (Wildman–Crippen MR) is 71.1 cm³/mol. The van der Waals surface area contributed by atoms with Crippen LogP contribution in [0.4, 0.5) is 74.6 Å². The topological polar surface area (TPSA) is 26.3 Å². The highest BCUT2D eigenvalue weighted by molar-refractivity contribution is 5.87. The third-order valence-corrected chi connectivity index (χ3v) is 3.82. The van der Waals surface area contributed by atoms with Crippen molar-refractivity contribution >= 4 is 5.97 Å². The number of alkyl halides is 17. The molecule has 0 N–H and O–H groups in total. The number of carbonyl (C=O) groups is 1. The quantitative estimate of drug-likeness (QED) is 0.183. The summed E-state index contributed by atoms with van der Waals surface area (Å²) in [4.78, 5) is 10.8. The van der Waals surface area contributed by atoms with Gasteiger partial charge in [0.05, 0.1) is 0 Å². The molecule has 0 saturated heterocycles. The summed E-state index contributed by atoms with van der Waals surface area (Å²) in [5.74, 6) is -60.1. The van der Waals surface area contributed by atoms with Gasteiger partial charge in [0.2, 0.25) is 0 Å². The highest BCUT2D eigenvalue weighted by atomic mass is 19.4. The highest BCUT2D eigenvalue weighted by Gasteiger charge is 2.95. The van der Waals surface area contributed by atoms with Crippen LogP contribution in [0.15, 0.2) is 12.2 Å². The van der Waals surface area contributed by atoms with Gasteiger partial charge in [0.1, 0.15) is 0 Å². The lowest BCUT2D eigenvalue weighted by molar-refractivity contribution is -0.469. The minimum Gasteiger partial charge on any atom is -0.393 e. The molecule has 0 aliphatic rings. The predicted octanol–water partition coefficient (Wildman–Crippen LogP) is 6.50. The van der Waals surface area contributed by atoms with E-state index in [2.05, 4.69) is 11.3 Å². The molecule has 0 aromatic rings. The van der Waals surface area contributed by atoms with Crippen molar-refractivity contribution in [3.05, 3.63) is 12.2 Å². The number of ether oxygens (including phenoxy) is 1. The summed E-state index contributed by atoms with van der Waals surface area (Å²) in [5.41, 5.74) is -1.29. The Morgan fingerprint density at radius 3 is 1.18 bits per heavy atom. The van der Waals surface area contributed by atoms with Gasteiger partial charge >= 0.3 is 53.5 Å². The van der Waals surface area contributed by atoms with Crippen LogP contribution >= 0.6 is 0 Å². The summed E-state index contributed by atoms with van der Waals surface area (Å²) in [7, 11) is 0. The van der Waals surface area contributed by atoms with Crippen LogP contribution in [0.5, 0.6) is 0 Å². The van der Waals surface area contributed by atoms with Gasteiger partial charge in [-0.15, -0.1) is 0 Å². The minimum atomic E-state index is -8.69. The van der Waals surface area contributed by atoms with Crippen molar-refractivity contribution < 1.29 is 84.2 Å². The Morgan fingerprint density at radius 2 is 0.909 bits per heavy atom. The van der Waals surface area contributed by atoms with Crippen LogP contribution in [0.2, 0.25) is 0 Å². The second kappa shape index (κ2) is 8.06. The molecule has 1 atom stereocenters. The normalized spacial score (nSPS) is 16.5. The van der Waals surface area contributed by atoms with E-state index in [-0.39, 0.29) is 0 Å². The lowest BCUT2D eigenvalue weighted by Crippen LogP contribution is -2.75. The maximum atomic E-state index is 13.5. The van der Waals surface area contributed by atoms with E-state index in [9.17, 15) is 79.4 Å². The largest absolute Gasteiger partial charge is 0.473 e. The van der Waals surface area contributed by atoms with Crippen LogP contribution in [0, 0.1) is 0 Å². The van der Waals surface area contributed by atoms with Gasteiger partial charge in [-0.2, -0.15) is 70.2 Å². The van der Waals surface area contributed by atoms with E-state index in [1.807, 2.05) is 0 Å². The molecular weight excluding hydrogens is 523 g/mol. The zero-order valence-corrected chi connectivity index (χ0v) is 15.5. The molecule has 196 valence electrons. The van der Waals surface area contributed by atoms with Crippen molar-refractivity contribution in [3.8, 4) is 0 Å². The number of carbonyl (C=O) groups excluding carboxylic acids is 1. The first-order valence-corrected chi connectivity index (χ1v) is 7.57. The summed E-state index contributed by atoms with van der Waals surface area (Å²) in [6.45, 7) is 2.19. The number of rotatable bonds is 10. The van der Waals surface area contributed by atoms with Crippen molar-refractivity contribution in [3.63, 3.8) is 0 Å². The van der Waals surface area contributed by atoms with Gasteiger partial charge in [-0.05, 0) is 13.8 Å². The molecule has 0 rings (SSSR count). The fraction of sp³-hybridized carbons (Fsp3) is 0.786. The standard InChI is InChI=1S/C14H9F17O2/c1-4(2)6(32)33-14(30,31)13(28,29)12(26,27)11(24,25)10(22,23)9(20,21)8(18,19)7(16,17)5(3)15/h5H,1H2,2-3H3. The smallest absolute Gasteiger partial charge is 0.393 e. The molecule has 0 aromatic carbocycles. The fourth-order valence-electron chi connectivity index (χ4n) is 1.70. The van der Waals surface area contributed by atoms with Crippen molar-refractivity contribution in [2.75, 3.05) is 0 Å². The minimum absolute atomic E-state index is 0.395.